The van der Waals surface area contributed by atoms with Gasteiger partial charge in [0.15, 0.2) is 5.78 Å². The topological polar surface area (TPSA) is 76.0 Å². The third-order valence-corrected chi connectivity index (χ3v) is 3.17. The van der Waals surface area contributed by atoms with Crippen LogP contribution in [0.15, 0.2) is 54.6 Å². The van der Waals surface area contributed by atoms with Crippen molar-refractivity contribution in [1.82, 2.24) is 0 Å². The van der Waals surface area contributed by atoms with Crippen molar-refractivity contribution < 1.29 is 24.5 Å². The number of ether oxygens (including phenoxy) is 2. The Morgan fingerprint density at radius 1 is 0.833 bits per heavy atom. The lowest BCUT2D eigenvalue weighted by molar-refractivity contribution is 0.104. The van der Waals surface area contributed by atoms with Crippen LogP contribution in [0.1, 0.15) is 15.9 Å². The van der Waals surface area contributed by atoms with Gasteiger partial charge in [-0.3, -0.25) is 4.79 Å². The van der Waals surface area contributed by atoms with Crippen LogP contribution in [0.4, 0.5) is 0 Å². The summed E-state index contributed by atoms with van der Waals surface area (Å²) >= 11 is 0. The highest BCUT2D eigenvalue weighted by atomic mass is 16.5. The van der Waals surface area contributed by atoms with Crippen molar-refractivity contribution in [3.63, 3.8) is 0 Å². The van der Waals surface area contributed by atoms with Gasteiger partial charge in [0, 0.05) is 5.56 Å². The summed E-state index contributed by atoms with van der Waals surface area (Å²) in [5.41, 5.74) is 1.44. The van der Waals surface area contributed by atoms with Crippen molar-refractivity contribution in [2.45, 2.75) is 0 Å². The molecule has 24 heavy (non-hydrogen) atoms. The van der Waals surface area contributed by atoms with Gasteiger partial charge >= 0.3 is 0 Å². The lowest BCUT2D eigenvalue weighted by Crippen LogP contribution is -2.02. The van der Waals surface area contributed by atoms with E-state index < -0.39 is 0 Å². The predicted octanol–water partition coefficient (Wildman–Crippen LogP) is 2.32. The molecule has 5 heteroatoms. The highest BCUT2D eigenvalue weighted by molar-refractivity contribution is 6.06. The van der Waals surface area contributed by atoms with Crippen molar-refractivity contribution in [2.24, 2.45) is 0 Å². The first-order chi connectivity index (χ1) is 11.7. The standard InChI is InChI=1S/C19H20O5/c20-11-13-23-17-6-1-15(2-7-17)3-10-19(22)16-4-8-18(9-5-16)24-14-12-21/h1-10,20-21H,11-14H2. The largest absolute Gasteiger partial charge is 0.491 e. The smallest absolute Gasteiger partial charge is 0.185 e. The Morgan fingerprint density at radius 2 is 1.33 bits per heavy atom. The van der Waals surface area contributed by atoms with Gasteiger partial charge in [0.2, 0.25) is 0 Å². The zero-order chi connectivity index (χ0) is 17.2. The van der Waals surface area contributed by atoms with Gasteiger partial charge in [-0.2, -0.15) is 0 Å². The predicted molar refractivity (Wildman–Crippen MR) is 91.4 cm³/mol. The Kier molecular flexibility index (Phi) is 7.01. The molecule has 0 bridgehead atoms. The molecule has 126 valence electrons. The molecular weight excluding hydrogens is 308 g/mol. The van der Waals surface area contributed by atoms with Crippen LogP contribution >= 0.6 is 0 Å². The summed E-state index contributed by atoms with van der Waals surface area (Å²) in [6.07, 6.45) is 3.24. The summed E-state index contributed by atoms with van der Waals surface area (Å²) in [5, 5.41) is 17.4. The van der Waals surface area contributed by atoms with Crippen LogP contribution < -0.4 is 9.47 Å². The number of allylic oxidation sites excluding steroid dienone is 1. The molecule has 0 unspecified atom stereocenters. The van der Waals surface area contributed by atoms with Crippen LogP contribution in [0, 0.1) is 0 Å². The van der Waals surface area contributed by atoms with Gasteiger partial charge in [0.1, 0.15) is 24.7 Å². The van der Waals surface area contributed by atoms with Gasteiger partial charge in [-0.1, -0.05) is 18.2 Å². The van der Waals surface area contributed by atoms with E-state index in [2.05, 4.69) is 0 Å². The molecule has 0 aliphatic carbocycles. The van der Waals surface area contributed by atoms with Crippen LogP contribution in [-0.2, 0) is 0 Å². The lowest BCUT2D eigenvalue weighted by atomic mass is 10.1. The molecule has 0 heterocycles. The van der Waals surface area contributed by atoms with E-state index in [4.69, 9.17) is 19.7 Å². The molecule has 5 nitrogen and oxygen atoms in total. The maximum atomic E-state index is 12.1. The first-order valence-corrected chi connectivity index (χ1v) is 7.63. The summed E-state index contributed by atoms with van der Waals surface area (Å²) in [4.78, 5) is 12.1. The molecule has 0 saturated heterocycles. The SMILES string of the molecule is O=C(C=Cc1ccc(OCCO)cc1)c1ccc(OCCO)cc1. The average molecular weight is 328 g/mol. The number of rotatable bonds is 9. The summed E-state index contributed by atoms with van der Waals surface area (Å²) in [7, 11) is 0. The molecule has 0 aliphatic heterocycles. The third-order valence-electron chi connectivity index (χ3n) is 3.17. The van der Waals surface area contributed by atoms with Crippen LogP contribution in [-0.4, -0.2) is 42.4 Å². The maximum absolute atomic E-state index is 12.1. The summed E-state index contributed by atoms with van der Waals surface area (Å²) in [6, 6.07) is 14.0. The Labute approximate surface area is 140 Å². The van der Waals surface area contributed by atoms with Gasteiger partial charge in [-0.25, -0.2) is 0 Å². The molecule has 0 saturated carbocycles. The van der Waals surface area contributed by atoms with Crippen LogP contribution in [0.2, 0.25) is 0 Å². The van der Waals surface area contributed by atoms with Gasteiger partial charge in [0.05, 0.1) is 13.2 Å². The Balaban J connectivity index is 1.94. The minimum atomic E-state index is -0.107. The van der Waals surface area contributed by atoms with Crippen molar-refractivity contribution in [1.29, 1.82) is 0 Å². The second kappa shape index (κ2) is 9.50. The number of carbonyl (C=O) groups excluding carboxylic acids is 1. The molecule has 0 aliphatic rings. The summed E-state index contributed by atoms with van der Waals surface area (Å²) in [6.45, 7) is 0.407. The second-order valence-electron chi connectivity index (χ2n) is 4.94. The second-order valence-corrected chi connectivity index (χ2v) is 4.94. The van der Waals surface area contributed by atoms with Crippen molar-refractivity contribution in [3.8, 4) is 11.5 Å². The molecule has 2 aromatic carbocycles. The maximum Gasteiger partial charge on any atom is 0.185 e. The van der Waals surface area contributed by atoms with Gasteiger partial charge in [-0.05, 0) is 48.0 Å². The minimum absolute atomic E-state index is 0.0278. The zero-order valence-corrected chi connectivity index (χ0v) is 13.2. The van der Waals surface area contributed by atoms with Crippen molar-refractivity contribution in [2.75, 3.05) is 26.4 Å². The highest BCUT2D eigenvalue weighted by Gasteiger charge is 2.02. The number of aliphatic hydroxyl groups excluding tert-OH is 2. The quantitative estimate of drug-likeness (QED) is 0.546. The molecule has 0 aromatic heterocycles. The van der Waals surface area contributed by atoms with Crippen molar-refractivity contribution in [3.05, 3.63) is 65.7 Å². The molecule has 2 rings (SSSR count). The van der Waals surface area contributed by atoms with E-state index in [0.717, 1.165) is 5.56 Å². The molecule has 0 fully saturated rings. The van der Waals surface area contributed by atoms with Gasteiger partial charge in [0.25, 0.3) is 0 Å². The first-order valence-electron chi connectivity index (χ1n) is 7.63. The normalized spacial score (nSPS) is 10.8. The molecule has 0 spiro atoms. The van der Waals surface area contributed by atoms with Gasteiger partial charge in [-0.15, -0.1) is 0 Å². The first kappa shape index (κ1) is 17.7. The Bertz CT molecular complexity index is 659. The van der Waals surface area contributed by atoms with E-state index in [9.17, 15) is 4.79 Å². The average Bonchev–Trinajstić information content (AvgIpc) is 2.64. The van der Waals surface area contributed by atoms with E-state index in [-0.39, 0.29) is 32.2 Å². The fourth-order valence-corrected chi connectivity index (χ4v) is 1.99. The molecule has 0 atom stereocenters. The molecule has 2 aromatic rings. The van der Waals surface area contributed by atoms with Gasteiger partial charge < -0.3 is 19.7 Å². The molecule has 2 N–H and O–H groups in total. The number of ketones is 1. The number of aliphatic hydroxyl groups is 2. The van der Waals surface area contributed by atoms with Crippen LogP contribution in [0.5, 0.6) is 11.5 Å². The molecule has 0 amide bonds. The molecular formula is C19H20O5. The molecule has 0 radical (unpaired) electrons. The van der Waals surface area contributed by atoms with E-state index in [0.29, 0.717) is 17.1 Å². The fourth-order valence-electron chi connectivity index (χ4n) is 1.99. The third kappa shape index (κ3) is 5.53. The Hall–Kier alpha value is -2.63. The minimum Gasteiger partial charge on any atom is -0.491 e. The van der Waals surface area contributed by atoms with Crippen LogP contribution in [0.3, 0.4) is 0 Å². The van der Waals surface area contributed by atoms with Crippen LogP contribution in [0.25, 0.3) is 6.08 Å². The fraction of sp³-hybridized carbons (Fsp3) is 0.211. The summed E-state index contributed by atoms with van der Waals surface area (Å²) in [5.74, 6) is 1.18. The van der Waals surface area contributed by atoms with E-state index in [1.807, 2.05) is 12.1 Å². The zero-order valence-electron chi connectivity index (χ0n) is 13.2. The summed E-state index contributed by atoms with van der Waals surface area (Å²) < 4.78 is 10.5. The number of hydrogen-bond acceptors (Lipinski definition) is 5. The number of hydrogen-bond donors (Lipinski definition) is 2. The van der Waals surface area contributed by atoms with E-state index >= 15 is 0 Å². The highest BCUT2D eigenvalue weighted by Crippen LogP contribution is 2.15. The Morgan fingerprint density at radius 3 is 1.83 bits per heavy atom. The monoisotopic (exact) mass is 328 g/mol. The van der Waals surface area contributed by atoms with E-state index in [1.54, 1.807) is 42.5 Å². The van der Waals surface area contributed by atoms with Crippen molar-refractivity contribution >= 4 is 11.9 Å². The van der Waals surface area contributed by atoms with E-state index in [1.165, 1.54) is 6.08 Å². The number of benzene rings is 2. The lowest BCUT2D eigenvalue weighted by Gasteiger charge is -2.04. The number of carbonyl (C=O) groups is 1.